The van der Waals surface area contributed by atoms with Gasteiger partial charge in [-0.05, 0) is 37.8 Å². The molecule has 3 heteroatoms. The van der Waals surface area contributed by atoms with E-state index in [4.69, 9.17) is 0 Å². The molecule has 2 aliphatic heterocycles. The molecule has 1 aromatic rings. The summed E-state index contributed by atoms with van der Waals surface area (Å²) in [6.45, 7) is 0. The predicted molar refractivity (Wildman–Crippen MR) is 61.0 cm³/mol. The summed E-state index contributed by atoms with van der Waals surface area (Å²) in [7, 11) is 0. The highest BCUT2D eigenvalue weighted by molar-refractivity contribution is 5.10. The maximum absolute atomic E-state index is 14.7. The first kappa shape index (κ1) is 10.2. The summed E-state index contributed by atoms with van der Waals surface area (Å²) in [6, 6.07) is 6.52. The fourth-order valence-corrected chi connectivity index (χ4v) is 3.16. The van der Waals surface area contributed by atoms with E-state index in [-0.39, 0.29) is 0 Å². The average Bonchev–Trinajstić information content (AvgIpc) is 2.59. The van der Waals surface area contributed by atoms with Crippen molar-refractivity contribution in [2.24, 2.45) is 0 Å². The van der Waals surface area contributed by atoms with E-state index in [0.29, 0.717) is 31.3 Å². The van der Waals surface area contributed by atoms with Crippen LogP contribution in [-0.2, 0) is 6.42 Å². The van der Waals surface area contributed by atoms with Crippen molar-refractivity contribution in [1.29, 1.82) is 0 Å². The lowest BCUT2D eigenvalue weighted by Gasteiger charge is -2.34. The van der Waals surface area contributed by atoms with Crippen molar-refractivity contribution in [1.82, 2.24) is 10.3 Å². The Morgan fingerprint density at radius 2 is 2.06 bits per heavy atom. The van der Waals surface area contributed by atoms with Crippen molar-refractivity contribution in [3.05, 3.63) is 30.1 Å². The standard InChI is InChI=1S/C13H17FN2/c14-13(7-10-3-1-2-6-15-10)8-11-4-5-12(9-13)16-11/h1-3,6,11-12,16H,4-5,7-9H2. The van der Waals surface area contributed by atoms with Crippen LogP contribution in [0.5, 0.6) is 0 Å². The van der Waals surface area contributed by atoms with E-state index in [1.54, 1.807) is 6.20 Å². The minimum absolute atomic E-state index is 0.396. The Balaban J connectivity index is 1.74. The second-order valence-electron chi connectivity index (χ2n) is 5.19. The molecule has 2 bridgehead atoms. The second-order valence-corrected chi connectivity index (χ2v) is 5.19. The first-order valence-electron chi connectivity index (χ1n) is 6.08. The fraction of sp³-hybridized carbons (Fsp3) is 0.615. The third kappa shape index (κ3) is 1.96. The number of alkyl halides is 1. The molecule has 86 valence electrons. The van der Waals surface area contributed by atoms with Gasteiger partial charge >= 0.3 is 0 Å². The van der Waals surface area contributed by atoms with Crippen LogP contribution in [0.2, 0.25) is 0 Å². The molecule has 3 rings (SSSR count). The van der Waals surface area contributed by atoms with Gasteiger partial charge in [-0.2, -0.15) is 0 Å². The van der Waals surface area contributed by atoms with Crippen molar-refractivity contribution in [3.8, 4) is 0 Å². The Hall–Kier alpha value is -0.960. The highest BCUT2D eigenvalue weighted by atomic mass is 19.1. The van der Waals surface area contributed by atoms with E-state index in [9.17, 15) is 4.39 Å². The molecule has 16 heavy (non-hydrogen) atoms. The molecule has 2 unspecified atom stereocenters. The van der Waals surface area contributed by atoms with E-state index >= 15 is 0 Å². The largest absolute Gasteiger partial charge is 0.311 e. The normalized spacial score (nSPS) is 37.6. The quantitative estimate of drug-likeness (QED) is 0.827. The van der Waals surface area contributed by atoms with Gasteiger partial charge in [-0.25, -0.2) is 4.39 Å². The molecule has 1 N–H and O–H groups in total. The fourth-order valence-electron chi connectivity index (χ4n) is 3.16. The smallest absolute Gasteiger partial charge is 0.119 e. The zero-order valence-corrected chi connectivity index (χ0v) is 9.32. The molecule has 2 nitrogen and oxygen atoms in total. The van der Waals surface area contributed by atoms with Gasteiger partial charge in [0.1, 0.15) is 5.67 Å². The van der Waals surface area contributed by atoms with Crippen LogP contribution >= 0.6 is 0 Å². The maximum atomic E-state index is 14.7. The molecule has 0 radical (unpaired) electrons. The van der Waals surface area contributed by atoms with Gasteiger partial charge in [-0.3, -0.25) is 4.98 Å². The summed E-state index contributed by atoms with van der Waals surface area (Å²) >= 11 is 0. The van der Waals surface area contributed by atoms with Crippen LogP contribution in [0.3, 0.4) is 0 Å². The Morgan fingerprint density at radius 1 is 1.31 bits per heavy atom. The van der Waals surface area contributed by atoms with Gasteiger partial charge < -0.3 is 5.32 Å². The summed E-state index contributed by atoms with van der Waals surface area (Å²) in [5, 5.41) is 3.47. The number of hydrogen-bond acceptors (Lipinski definition) is 2. The van der Waals surface area contributed by atoms with Crippen LogP contribution < -0.4 is 5.32 Å². The molecular weight excluding hydrogens is 203 g/mol. The van der Waals surface area contributed by atoms with Crippen molar-refractivity contribution >= 4 is 0 Å². The summed E-state index contributed by atoms with van der Waals surface area (Å²) in [6.07, 6.45) is 5.80. The second kappa shape index (κ2) is 3.81. The van der Waals surface area contributed by atoms with E-state index < -0.39 is 5.67 Å². The number of pyridine rings is 1. The van der Waals surface area contributed by atoms with Crippen LogP contribution in [0.1, 0.15) is 31.4 Å². The lowest BCUT2D eigenvalue weighted by molar-refractivity contribution is 0.0883. The molecule has 2 saturated heterocycles. The number of piperidine rings is 1. The van der Waals surface area contributed by atoms with Gasteiger partial charge in [0, 0.05) is 30.4 Å². The number of rotatable bonds is 2. The van der Waals surface area contributed by atoms with Crippen LogP contribution in [0.15, 0.2) is 24.4 Å². The van der Waals surface area contributed by atoms with Crippen molar-refractivity contribution in [2.75, 3.05) is 0 Å². The minimum Gasteiger partial charge on any atom is -0.311 e. The molecule has 2 atom stereocenters. The van der Waals surface area contributed by atoms with Gasteiger partial charge in [0.2, 0.25) is 0 Å². The maximum Gasteiger partial charge on any atom is 0.119 e. The number of hydrogen-bond donors (Lipinski definition) is 1. The Labute approximate surface area is 95.3 Å². The third-order valence-corrected chi connectivity index (χ3v) is 3.78. The number of aromatic nitrogens is 1. The van der Waals surface area contributed by atoms with Gasteiger partial charge in [-0.15, -0.1) is 0 Å². The van der Waals surface area contributed by atoms with Crippen molar-refractivity contribution in [2.45, 2.75) is 49.9 Å². The lowest BCUT2D eigenvalue weighted by Crippen LogP contribution is -2.47. The van der Waals surface area contributed by atoms with Gasteiger partial charge in [0.15, 0.2) is 0 Å². The van der Waals surface area contributed by atoms with E-state index in [1.165, 1.54) is 0 Å². The highest BCUT2D eigenvalue weighted by Gasteiger charge is 2.44. The summed E-state index contributed by atoms with van der Waals surface area (Å²) in [5.74, 6) is 0. The zero-order valence-electron chi connectivity index (χ0n) is 9.32. The number of nitrogens with one attached hydrogen (secondary N) is 1. The molecule has 0 amide bonds. The van der Waals surface area contributed by atoms with Crippen molar-refractivity contribution in [3.63, 3.8) is 0 Å². The first-order valence-corrected chi connectivity index (χ1v) is 6.08. The third-order valence-electron chi connectivity index (χ3n) is 3.78. The Bertz CT molecular complexity index is 353. The van der Waals surface area contributed by atoms with Gasteiger partial charge in [0.25, 0.3) is 0 Å². The van der Waals surface area contributed by atoms with Gasteiger partial charge in [0.05, 0.1) is 0 Å². The van der Waals surface area contributed by atoms with Crippen LogP contribution in [0, 0.1) is 0 Å². The van der Waals surface area contributed by atoms with E-state index in [0.717, 1.165) is 18.5 Å². The first-order chi connectivity index (χ1) is 7.73. The molecule has 1 aromatic heterocycles. The molecule has 3 heterocycles. The molecular formula is C13H17FN2. The van der Waals surface area contributed by atoms with E-state index in [1.807, 2.05) is 18.2 Å². The Morgan fingerprint density at radius 3 is 2.69 bits per heavy atom. The summed E-state index contributed by atoms with van der Waals surface area (Å²) in [4.78, 5) is 4.23. The molecule has 0 saturated carbocycles. The minimum atomic E-state index is -1.04. The van der Waals surface area contributed by atoms with Crippen LogP contribution in [0.4, 0.5) is 4.39 Å². The van der Waals surface area contributed by atoms with E-state index in [2.05, 4.69) is 10.3 Å². The van der Waals surface area contributed by atoms with Crippen LogP contribution in [-0.4, -0.2) is 22.7 Å². The monoisotopic (exact) mass is 220 g/mol. The SMILES string of the molecule is FC1(Cc2ccccn2)CC2CCC(C1)N2. The number of fused-ring (bicyclic) bond motifs is 2. The van der Waals surface area contributed by atoms with Crippen molar-refractivity contribution < 1.29 is 4.39 Å². The molecule has 2 aliphatic rings. The molecule has 0 aromatic carbocycles. The van der Waals surface area contributed by atoms with Crippen LogP contribution in [0.25, 0.3) is 0 Å². The molecule has 0 spiro atoms. The van der Waals surface area contributed by atoms with Gasteiger partial charge in [-0.1, -0.05) is 6.07 Å². The number of nitrogens with zero attached hydrogens (tertiary/aromatic N) is 1. The summed E-state index contributed by atoms with van der Waals surface area (Å²) in [5.41, 5.74) is -0.155. The topological polar surface area (TPSA) is 24.9 Å². The highest BCUT2D eigenvalue weighted by Crippen LogP contribution is 2.38. The zero-order chi connectivity index (χ0) is 11.0. The molecule has 2 fully saturated rings. The predicted octanol–water partition coefficient (Wildman–Crippen LogP) is 2.25. The number of halogens is 1. The molecule has 0 aliphatic carbocycles. The average molecular weight is 220 g/mol. The lowest BCUT2D eigenvalue weighted by atomic mass is 9.85. The Kier molecular flexibility index (Phi) is 2.43. The summed E-state index contributed by atoms with van der Waals surface area (Å²) < 4.78 is 14.7.